The van der Waals surface area contributed by atoms with Gasteiger partial charge in [-0.25, -0.2) is 9.18 Å². The minimum Gasteiger partial charge on any atom is -0.336 e. The van der Waals surface area contributed by atoms with Gasteiger partial charge in [0.05, 0.1) is 0 Å². The summed E-state index contributed by atoms with van der Waals surface area (Å²) in [7, 11) is 3.77. The van der Waals surface area contributed by atoms with Gasteiger partial charge >= 0.3 is 5.69 Å². The normalized spacial score (nSPS) is 10.9. The van der Waals surface area contributed by atoms with E-state index < -0.39 is 11.2 Å². The van der Waals surface area contributed by atoms with Gasteiger partial charge < -0.3 is 9.80 Å². The first-order valence-electron chi connectivity index (χ1n) is 7.82. The maximum absolute atomic E-state index is 13.4. The van der Waals surface area contributed by atoms with E-state index in [0.29, 0.717) is 18.7 Å². The van der Waals surface area contributed by atoms with Gasteiger partial charge in [-0.2, -0.15) is 0 Å². The van der Waals surface area contributed by atoms with Gasteiger partial charge in [-0.15, -0.1) is 0 Å². The number of amides is 1. The highest BCUT2D eigenvalue weighted by molar-refractivity contribution is 5.76. The van der Waals surface area contributed by atoms with E-state index in [1.54, 1.807) is 17.0 Å². The molecule has 0 bridgehead atoms. The third-order valence-corrected chi connectivity index (χ3v) is 3.63. The Kier molecular flexibility index (Phi) is 6.24. The third-order valence-electron chi connectivity index (χ3n) is 3.63. The average Bonchev–Trinajstić information content (AvgIpc) is 2.54. The molecule has 1 heterocycles. The molecular formula is C17H21FN4O3. The van der Waals surface area contributed by atoms with E-state index in [9.17, 15) is 18.8 Å². The van der Waals surface area contributed by atoms with Crippen molar-refractivity contribution in [1.82, 2.24) is 19.4 Å². The molecule has 8 heteroatoms. The van der Waals surface area contributed by atoms with Crippen LogP contribution in [0.4, 0.5) is 4.39 Å². The monoisotopic (exact) mass is 348 g/mol. The number of halogens is 1. The molecule has 1 aromatic heterocycles. The lowest BCUT2D eigenvalue weighted by Gasteiger charge is -2.25. The minimum atomic E-state index is -0.640. The molecule has 1 amide bonds. The molecule has 2 rings (SSSR count). The number of rotatable bonds is 7. The Morgan fingerprint density at radius 1 is 1.20 bits per heavy atom. The first-order chi connectivity index (χ1) is 11.8. The van der Waals surface area contributed by atoms with E-state index in [-0.39, 0.29) is 24.8 Å². The summed E-state index contributed by atoms with van der Waals surface area (Å²) in [5.74, 6) is -0.658. The Hall–Kier alpha value is -2.74. The van der Waals surface area contributed by atoms with E-state index in [2.05, 4.69) is 4.98 Å². The van der Waals surface area contributed by atoms with E-state index in [1.807, 2.05) is 19.0 Å². The summed E-state index contributed by atoms with van der Waals surface area (Å²) in [6.07, 6.45) is 1.28. The molecule has 0 saturated carbocycles. The summed E-state index contributed by atoms with van der Waals surface area (Å²) < 4.78 is 14.5. The second kappa shape index (κ2) is 8.39. The average molecular weight is 348 g/mol. The zero-order valence-electron chi connectivity index (χ0n) is 14.2. The SMILES string of the molecule is CN(C)CCN(Cc1cccc(F)c1)C(=O)Cn1ccc(=O)[nH]c1=O. The maximum Gasteiger partial charge on any atom is 0.328 e. The number of hydrogen-bond donors (Lipinski definition) is 1. The Bertz CT molecular complexity index is 844. The largest absolute Gasteiger partial charge is 0.336 e. The van der Waals surface area contributed by atoms with Crippen LogP contribution in [0, 0.1) is 5.82 Å². The van der Waals surface area contributed by atoms with Crippen LogP contribution in [0.3, 0.4) is 0 Å². The molecule has 2 aromatic rings. The van der Waals surface area contributed by atoms with Crippen molar-refractivity contribution in [2.45, 2.75) is 13.1 Å². The number of hydrogen-bond acceptors (Lipinski definition) is 4. The molecule has 0 spiro atoms. The van der Waals surface area contributed by atoms with Crippen LogP contribution in [-0.4, -0.2) is 52.4 Å². The summed E-state index contributed by atoms with van der Waals surface area (Å²) in [5, 5.41) is 0. The standard InChI is InChI=1S/C17H21FN4O3/c1-20(2)8-9-21(11-13-4-3-5-14(18)10-13)16(24)12-22-7-6-15(23)19-17(22)25/h3-7,10H,8-9,11-12H2,1-2H3,(H,19,23,25). The lowest BCUT2D eigenvalue weighted by molar-refractivity contribution is -0.132. The topological polar surface area (TPSA) is 78.4 Å². The number of benzene rings is 1. The van der Waals surface area contributed by atoms with Crippen LogP contribution in [0.5, 0.6) is 0 Å². The summed E-state index contributed by atoms with van der Waals surface area (Å²) in [5.41, 5.74) is -0.488. The van der Waals surface area contributed by atoms with Gasteiger partial charge in [-0.1, -0.05) is 12.1 Å². The lowest BCUT2D eigenvalue weighted by Crippen LogP contribution is -2.40. The fourth-order valence-corrected chi connectivity index (χ4v) is 2.28. The highest BCUT2D eigenvalue weighted by Gasteiger charge is 2.16. The van der Waals surface area contributed by atoms with Crippen molar-refractivity contribution in [1.29, 1.82) is 0 Å². The van der Waals surface area contributed by atoms with Gasteiger partial charge in [-0.3, -0.25) is 19.1 Å². The van der Waals surface area contributed by atoms with Gasteiger partial charge in [0.15, 0.2) is 0 Å². The van der Waals surface area contributed by atoms with Crippen molar-refractivity contribution in [3.05, 3.63) is 68.7 Å². The van der Waals surface area contributed by atoms with Crippen molar-refractivity contribution in [3.63, 3.8) is 0 Å². The van der Waals surface area contributed by atoms with Gasteiger partial charge in [0.2, 0.25) is 5.91 Å². The summed E-state index contributed by atoms with van der Waals surface area (Å²) in [4.78, 5) is 41.1. The number of carbonyl (C=O) groups is 1. The molecule has 0 atom stereocenters. The molecular weight excluding hydrogens is 327 g/mol. The Morgan fingerprint density at radius 2 is 1.96 bits per heavy atom. The van der Waals surface area contributed by atoms with Gasteiger partial charge in [-0.05, 0) is 31.8 Å². The van der Waals surface area contributed by atoms with Crippen LogP contribution < -0.4 is 11.2 Å². The van der Waals surface area contributed by atoms with Crippen LogP contribution in [0.25, 0.3) is 0 Å². The lowest BCUT2D eigenvalue weighted by atomic mass is 10.2. The van der Waals surface area contributed by atoms with Crippen LogP contribution in [0.15, 0.2) is 46.1 Å². The Balaban J connectivity index is 2.16. The zero-order chi connectivity index (χ0) is 18.4. The molecule has 0 unspecified atom stereocenters. The second-order valence-electron chi connectivity index (χ2n) is 5.99. The van der Waals surface area contributed by atoms with E-state index >= 15 is 0 Å². The number of likely N-dealkylation sites (N-methyl/N-ethyl adjacent to an activating group) is 1. The predicted molar refractivity (Wildman–Crippen MR) is 91.7 cm³/mol. The van der Waals surface area contributed by atoms with Crippen molar-refractivity contribution >= 4 is 5.91 Å². The number of H-pyrrole nitrogens is 1. The Labute approximate surface area is 144 Å². The highest BCUT2D eigenvalue weighted by Crippen LogP contribution is 2.08. The fraction of sp³-hybridized carbons (Fsp3) is 0.353. The third kappa shape index (κ3) is 5.68. The van der Waals surface area contributed by atoms with E-state index in [4.69, 9.17) is 0 Å². The summed E-state index contributed by atoms with van der Waals surface area (Å²) in [6.45, 7) is 1.10. The smallest absolute Gasteiger partial charge is 0.328 e. The highest BCUT2D eigenvalue weighted by atomic mass is 19.1. The van der Waals surface area contributed by atoms with Crippen LogP contribution in [0.1, 0.15) is 5.56 Å². The molecule has 0 saturated heterocycles. The molecule has 0 aliphatic heterocycles. The Morgan fingerprint density at radius 3 is 2.60 bits per heavy atom. The summed E-state index contributed by atoms with van der Waals surface area (Å²) >= 11 is 0. The number of aromatic amines is 1. The number of nitrogens with one attached hydrogen (secondary N) is 1. The molecule has 0 fully saturated rings. The maximum atomic E-state index is 13.4. The van der Waals surface area contributed by atoms with Gasteiger partial charge in [0, 0.05) is 31.9 Å². The number of nitrogens with zero attached hydrogens (tertiary/aromatic N) is 3. The van der Waals surface area contributed by atoms with Crippen LogP contribution >= 0.6 is 0 Å². The van der Waals surface area contributed by atoms with Crippen molar-refractivity contribution in [2.24, 2.45) is 0 Å². The van der Waals surface area contributed by atoms with E-state index in [1.165, 1.54) is 24.4 Å². The molecule has 1 N–H and O–H groups in total. The number of aromatic nitrogens is 2. The first-order valence-corrected chi connectivity index (χ1v) is 7.82. The fourth-order valence-electron chi connectivity index (χ4n) is 2.28. The van der Waals surface area contributed by atoms with Gasteiger partial charge in [0.1, 0.15) is 12.4 Å². The quantitative estimate of drug-likeness (QED) is 0.779. The number of carbonyl (C=O) groups excluding carboxylic acids is 1. The van der Waals surface area contributed by atoms with Crippen molar-refractivity contribution in [2.75, 3.05) is 27.2 Å². The minimum absolute atomic E-state index is 0.196. The van der Waals surface area contributed by atoms with Crippen LogP contribution in [-0.2, 0) is 17.9 Å². The van der Waals surface area contributed by atoms with Crippen molar-refractivity contribution in [3.8, 4) is 0 Å². The molecule has 25 heavy (non-hydrogen) atoms. The zero-order valence-corrected chi connectivity index (χ0v) is 14.2. The molecule has 0 aliphatic rings. The summed E-state index contributed by atoms with van der Waals surface area (Å²) in [6, 6.07) is 7.24. The molecule has 1 aromatic carbocycles. The molecule has 0 radical (unpaired) electrons. The van der Waals surface area contributed by atoms with Gasteiger partial charge in [0.25, 0.3) is 5.56 Å². The predicted octanol–water partition coefficient (Wildman–Crippen LogP) is 0.266. The first kappa shape index (κ1) is 18.6. The molecule has 0 aliphatic carbocycles. The van der Waals surface area contributed by atoms with Crippen LogP contribution in [0.2, 0.25) is 0 Å². The second-order valence-corrected chi connectivity index (χ2v) is 5.99. The molecule has 134 valence electrons. The molecule has 7 nitrogen and oxygen atoms in total. The van der Waals surface area contributed by atoms with E-state index in [0.717, 1.165) is 4.57 Å². The van der Waals surface area contributed by atoms with Crippen molar-refractivity contribution < 1.29 is 9.18 Å².